The summed E-state index contributed by atoms with van der Waals surface area (Å²) in [7, 11) is 0. The zero-order valence-corrected chi connectivity index (χ0v) is 9.01. The van der Waals surface area contributed by atoms with E-state index in [9.17, 15) is 0 Å². The molecule has 5 nitrogen and oxygen atoms in total. The van der Waals surface area contributed by atoms with Crippen molar-refractivity contribution >= 4 is 16.9 Å². The number of hydrogen-bond donors (Lipinski definition) is 2. The number of aryl methyl sites for hydroxylation is 1. The minimum Gasteiger partial charge on any atom is -0.368 e. The number of nitrogen functional groups attached to an aromatic ring is 2. The second kappa shape index (κ2) is 3.69. The minimum atomic E-state index is 0.224. The van der Waals surface area contributed by atoms with Crippen molar-refractivity contribution in [2.75, 3.05) is 11.6 Å². The molecule has 1 aromatic carbocycles. The Morgan fingerprint density at radius 2 is 2.25 bits per heavy atom. The average Bonchev–Trinajstić information content (AvgIpc) is 2.26. The van der Waals surface area contributed by atoms with Gasteiger partial charge in [-0.05, 0) is 18.6 Å². The molecule has 1 heterocycles. The fourth-order valence-corrected chi connectivity index (χ4v) is 1.61. The predicted molar refractivity (Wildman–Crippen MR) is 64.8 cm³/mol. The van der Waals surface area contributed by atoms with E-state index in [1.807, 2.05) is 25.1 Å². The maximum atomic E-state index is 5.77. The van der Waals surface area contributed by atoms with Crippen molar-refractivity contribution in [2.24, 2.45) is 4.99 Å². The minimum absolute atomic E-state index is 0.224. The van der Waals surface area contributed by atoms with Gasteiger partial charge in [0.15, 0.2) is 5.49 Å². The molecular weight excluding hydrogens is 202 g/mol. The van der Waals surface area contributed by atoms with Crippen LogP contribution in [-0.2, 0) is 0 Å². The zero-order valence-electron chi connectivity index (χ0n) is 9.01. The highest BCUT2D eigenvalue weighted by molar-refractivity contribution is 5.81. The molecule has 0 aliphatic carbocycles. The Morgan fingerprint density at radius 1 is 1.50 bits per heavy atom. The highest BCUT2D eigenvalue weighted by Gasteiger charge is 2.05. The third kappa shape index (κ3) is 1.42. The quantitative estimate of drug-likeness (QED) is 0.686. The molecule has 0 saturated heterocycles. The molecule has 0 saturated carbocycles. The number of rotatable bonds is 1. The second-order valence-electron chi connectivity index (χ2n) is 3.45. The molecule has 5 heteroatoms. The van der Waals surface area contributed by atoms with Crippen LogP contribution < -0.4 is 17.1 Å². The summed E-state index contributed by atoms with van der Waals surface area (Å²) in [4.78, 5) is 8.36. The maximum absolute atomic E-state index is 5.77. The predicted octanol–water partition coefficient (Wildman–Crippen LogP) is 0.685. The molecule has 2 rings (SSSR count). The third-order valence-corrected chi connectivity index (χ3v) is 2.39. The zero-order chi connectivity index (χ0) is 11.7. The van der Waals surface area contributed by atoms with Crippen LogP contribution >= 0.6 is 0 Å². The molecule has 0 spiro atoms. The van der Waals surface area contributed by atoms with E-state index in [0.29, 0.717) is 5.49 Å². The van der Waals surface area contributed by atoms with Gasteiger partial charge < -0.3 is 11.6 Å². The van der Waals surface area contributed by atoms with Crippen molar-refractivity contribution in [3.8, 4) is 0 Å². The van der Waals surface area contributed by atoms with E-state index in [4.69, 9.17) is 11.6 Å². The summed E-state index contributed by atoms with van der Waals surface area (Å²) in [5.41, 5.74) is 8.12. The van der Waals surface area contributed by atoms with E-state index in [0.717, 1.165) is 16.5 Å². The van der Waals surface area contributed by atoms with E-state index in [1.54, 1.807) is 0 Å². The molecule has 0 atom stereocenters. The molecule has 0 unspecified atom stereocenters. The van der Waals surface area contributed by atoms with Gasteiger partial charge in [-0.3, -0.25) is 0 Å². The monoisotopic (exact) mass is 215 g/mol. The van der Waals surface area contributed by atoms with Crippen LogP contribution in [0.4, 0.5) is 5.95 Å². The summed E-state index contributed by atoms with van der Waals surface area (Å²) in [5, 5.41) is 0.858. The Balaban J connectivity index is 3.07. The van der Waals surface area contributed by atoms with Crippen LogP contribution in [0.1, 0.15) is 5.56 Å². The van der Waals surface area contributed by atoms with Crippen molar-refractivity contribution in [1.82, 2.24) is 9.66 Å². The second-order valence-corrected chi connectivity index (χ2v) is 3.45. The lowest BCUT2D eigenvalue weighted by Crippen LogP contribution is -2.31. The Hall–Kier alpha value is -2.30. The number of hydrogen-bond acceptors (Lipinski definition) is 4. The Labute approximate surface area is 92.7 Å². The first kappa shape index (κ1) is 10.2. The molecule has 82 valence electrons. The van der Waals surface area contributed by atoms with Crippen molar-refractivity contribution < 1.29 is 0 Å². The fraction of sp³-hybridized carbons (Fsp3) is 0.0909. The molecule has 16 heavy (non-hydrogen) atoms. The first-order valence-corrected chi connectivity index (χ1v) is 4.83. The van der Waals surface area contributed by atoms with Gasteiger partial charge >= 0.3 is 0 Å². The van der Waals surface area contributed by atoms with Crippen LogP contribution in [0.5, 0.6) is 0 Å². The fourth-order valence-electron chi connectivity index (χ4n) is 1.61. The van der Waals surface area contributed by atoms with E-state index in [2.05, 4.69) is 16.6 Å². The number of nitrogens with two attached hydrogens (primary N) is 2. The molecule has 1 aromatic heterocycles. The normalized spacial score (nSPS) is 11.9. The standard InChI is InChI=1S/C11H13N5/c1-3-14-10-8-6-4-5-7(2)9(8)15-11(12)16(10)13/h3-6H,1,13H2,2H3,(H2,12,15). The first-order chi connectivity index (χ1) is 7.65. The van der Waals surface area contributed by atoms with Gasteiger partial charge in [-0.25, -0.2) is 14.7 Å². The third-order valence-electron chi connectivity index (χ3n) is 2.39. The van der Waals surface area contributed by atoms with Crippen LogP contribution in [0.25, 0.3) is 10.9 Å². The van der Waals surface area contributed by atoms with Crippen molar-refractivity contribution in [3.63, 3.8) is 0 Å². The molecule has 4 N–H and O–H groups in total. The van der Waals surface area contributed by atoms with Crippen molar-refractivity contribution in [1.29, 1.82) is 0 Å². The molecule has 0 amide bonds. The number of benzene rings is 1. The van der Waals surface area contributed by atoms with Gasteiger partial charge in [0.2, 0.25) is 5.95 Å². The summed E-state index contributed by atoms with van der Waals surface area (Å²) < 4.78 is 1.25. The van der Waals surface area contributed by atoms with E-state index >= 15 is 0 Å². The highest BCUT2D eigenvalue weighted by Crippen LogP contribution is 2.12. The van der Waals surface area contributed by atoms with Gasteiger partial charge in [0, 0.05) is 11.6 Å². The SMILES string of the molecule is C=CN=c1c2cccc(C)c2nc(N)n1N. The number of nitrogens with zero attached hydrogens (tertiary/aromatic N) is 3. The lowest BCUT2D eigenvalue weighted by Gasteiger charge is -2.08. The number of para-hydroxylation sites is 1. The maximum Gasteiger partial charge on any atom is 0.221 e. The molecule has 0 aliphatic rings. The van der Waals surface area contributed by atoms with Gasteiger partial charge in [0.05, 0.1) is 5.52 Å². The Morgan fingerprint density at radius 3 is 2.94 bits per heavy atom. The average molecular weight is 215 g/mol. The van der Waals surface area contributed by atoms with Gasteiger partial charge in [-0.1, -0.05) is 18.7 Å². The Bertz CT molecular complexity index is 624. The topological polar surface area (TPSA) is 82.2 Å². The summed E-state index contributed by atoms with van der Waals surface area (Å²) in [6.07, 6.45) is 1.43. The van der Waals surface area contributed by atoms with Gasteiger partial charge in [0.25, 0.3) is 0 Å². The van der Waals surface area contributed by atoms with Crippen LogP contribution in [0.2, 0.25) is 0 Å². The summed E-state index contributed by atoms with van der Waals surface area (Å²) in [5.74, 6) is 6.00. The van der Waals surface area contributed by atoms with Gasteiger partial charge in [0.1, 0.15) is 0 Å². The number of fused-ring (bicyclic) bond motifs is 1. The number of aromatic nitrogens is 2. The molecule has 0 aliphatic heterocycles. The lowest BCUT2D eigenvalue weighted by atomic mass is 10.1. The molecular formula is C11H13N5. The summed E-state index contributed by atoms with van der Waals surface area (Å²) >= 11 is 0. The largest absolute Gasteiger partial charge is 0.368 e. The summed E-state index contributed by atoms with van der Waals surface area (Å²) in [6, 6.07) is 5.80. The van der Waals surface area contributed by atoms with Crippen LogP contribution in [0, 0.1) is 6.92 Å². The smallest absolute Gasteiger partial charge is 0.221 e. The molecule has 0 radical (unpaired) electrons. The molecule has 0 fully saturated rings. The van der Waals surface area contributed by atoms with Crippen molar-refractivity contribution in [3.05, 3.63) is 42.0 Å². The van der Waals surface area contributed by atoms with Crippen LogP contribution in [-0.4, -0.2) is 9.66 Å². The first-order valence-electron chi connectivity index (χ1n) is 4.83. The van der Waals surface area contributed by atoms with E-state index in [1.165, 1.54) is 10.9 Å². The van der Waals surface area contributed by atoms with E-state index < -0.39 is 0 Å². The number of anilines is 1. The molecule has 2 aromatic rings. The van der Waals surface area contributed by atoms with Crippen LogP contribution in [0.3, 0.4) is 0 Å². The van der Waals surface area contributed by atoms with Gasteiger partial charge in [-0.15, -0.1) is 0 Å². The summed E-state index contributed by atoms with van der Waals surface area (Å²) in [6.45, 7) is 5.52. The van der Waals surface area contributed by atoms with E-state index in [-0.39, 0.29) is 5.95 Å². The Kier molecular flexibility index (Phi) is 2.36. The van der Waals surface area contributed by atoms with Gasteiger partial charge in [-0.2, -0.15) is 0 Å². The molecule has 0 bridgehead atoms. The van der Waals surface area contributed by atoms with Crippen LogP contribution in [0.15, 0.2) is 36.0 Å². The van der Waals surface area contributed by atoms with Crippen molar-refractivity contribution in [2.45, 2.75) is 6.92 Å². The highest BCUT2D eigenvalue weighted by atomic mass is 15.4. The lowest BCUT2D eigenvalue weighted by molar-refractivity contribution is 0.903.